The lowest BCUT2D eigenvalue weighted by atomic mass is 9.77. The van der Waals surface area contributed by atoms with E-state index in [2.05, 4.69) is 9.97 Å². The zero-order valence-electron chi connectivity index (χ0n) is 12.3. The fourth-order valence-electron chi connectivity index (χ4n) is 3.15. The first-order valence-electron chi connectivity index (χ1n) is 7.12. The van der Waals surface area contributed by atoms with Gasteiger partial charge in [0.2, 0.25) is 0 Å². The molecule has 2 heterocycles. The quantitative estimate of drug-likeness (QED) is 0.855. The third kappa shape index (κ3) is 3.93. The van der Waals surface area contributed by atoms with Crippen LogP contribution in [0.25, 0.3) is 10.2 Å². The Morgan fingerprint density at radius 3 is 2.74 bits per heavy atom. The summed E-state index contributed by atoms with van der Waals surface area (Å²) in [6.07, 6.45) is -0.688. The summed E-state index contributed by atoms with van der Waals surface area (Å²) in [5.74, 6) is 0. The molecule has 2 unspecified atom stereocenters. The molecule has 2 atom stereocenters. The lowest BCUT2D eigenvalue weighted by Crippen LogP contribution is -2.46. The molecule has 0 aromatic carbocycles. The van der Waals surface area contributed by atoms with Gasteiger partial charge in [-0.2, -0.15) is 13.2 Å². The molecule has 1 fully saturated rings. The Morgan fingerprint density at radius 2 is 2.09 bits per heavy atom. The van der Waals surface area contributed by atoms with Crippen LogP contribution in [0.15, 0.2) is 12.4 Å². The maximum absolute atomic E-state index is 12.6. The number of halogens is 4. The van der Waals surface area contributed by atoms with Crippen LogP contribution in [0, 0.1) is 0 Å². The average molecular weight is 367 g/mol. The SMILES string of the molecule is Cl.NC1CCCC(N)(c2ncnc3sc(CC(F)(F)F)cc23)C1. The Morgan fingerprint density at radius 1 is 1.35 bits per heavy atom. The van der Waals surface area contributed by atoms with Gasteiger partial charge in [0.05, 0.1) is 17.7 Å². The summed E-state index contributed by atoms with van der Waals surface area (Å²) in [5, 5.41) is 0.628. The van der Waals surface area contributed by atoms with Crippen LogP contribution < -0.4 is 11.5 Å². The fourth-order valence-corrected chi connectivity index (χ4v) is 4.18. The zero-order valence-corrected chi connectivity index (χ0v) is 13.9. The normalized spacial score (nSPS) is 25.3. The molecule has 0 bridgehead atoms. The Labute approximate surface area is 141 Å². The van der Waals surface area contributed by atoms with Crippen LogP contribution >= 0.6 is 23.7 Å². The van der Waals surface area contributed by atoms with E-state index in [-0.39, 0.29) is 23.3 Å². The molecule has 0 saturated heterocycles. The number of hydrogen-bond donors (Lipinski definition) is 2. The maximum Gasteiger partial charge on any atom is 0.393 e. The first kappa shape index (κ1) is 18.4. The van der Waals surface area contributed by atoms with Crippen LogP contribution in [0.1, 0.15) is 36.3 Å². The molecule has 4 nitrogen and oxygen atoms in total. The number of fused-ring (bicyclic) bond motifs is 1. The zero-order chi connectivity index (χ0) is 16.0. The predicted octanol–water partition coefficient (Wildman–Crippen LogP) is 3.27. The molecule has 0 aliphatic heterocycles. The monoisotopic (exact) mass is 366 g/mol. The lowest BCUT2D eigenvalue weighted by Gasteiger charge is -2.36. The fraction of sp³-hybridized carbons (Fsp3) is 0.571. The van der Waals surface area contributed by atoms with Gasteiger partial charge in [-0.3, -0.25) is 0 Å². The molecule has 0 amide bonds. The third-order valence-electron chi connectivity index (χ3n) is 4.05. The summed E-state index contributed by atoms with van der Waals surface area (Å²) in [4.78, 5) is 9.15. The molecule has 0 spiro atoms. The van der Waals surface area contributed by atoms with Crippen molar-refractivity contribution in [2.75, 3.05) is 0 Å². The number of thiophene rings is 1. The van der Waals surface area contributed by atoms with E-state index in [0.29, 0.717) is 22.3 Å². The van der Waals surface area contributed by atoms with Crippen LogP contribution in [-0.4, -0.2) is 22.2 Å². The number of rotatable bonds is 2. The molecule has 4 N–H and O–H groups in total. The minimum Gasteiger partial charge on any atom is -0.328 e. The van der Waals surface area contributed by atoms with Gasteiger partial charge in [-0.25, -0.2) is 9.97 Å². The lowest BCUT2D eigenvalue weighted by molar-refractivity contribution is -0.126. The van der Waals surface area contributed by atoms with Gasteiger partial charge < -0.3 is 11.5 Å². The average Bonchev–Trinajstić information content (AvgIpc) is 2.77. The molecule has 9 heteroatoms. The summed E-state index contributed by atoms with van der Waals surface area (Å²) in [6.45, 7) is 0. The first-order chi connectivity index (χ1) is 10.3. The number of aromatic nitrogens is 2. The highest BCUT2D eigenvalue weighted by molar-refractivity contribution is 7.18. The van der Waals surface area contributed by atoms with E-state index in [0.717, 1.165) is 30.6 Å². The largest absolute Gasteiger partial charge is 0.393 e. The van der Waals surface area contributed by atoms with Crippen molar-refractivity contribution in [3.8, 4) is 0 Å². The molecule has 1 aliphatic rings. The summed E-state index contributed by atoms with van der Waals surface area (Å²) in [7, 11) is 0. The molecule has 1 saturated carbocycles. The first-order valence-corrected chi connectivity index (χ1v) is 7.94. The summed E-state index contributed by atoms with van der Waals surface area (Å²) >= 11 is 1.04. The number of nitrogens with two attached hydrogens (primary N) is 2. The van der Waals surface area contributed by atoms with Gasteiger partial charge in [-0.05, 0) is 31.7 Å². The minimum atomic E-state index is -4.23. The van der Waals surface area contributed by atoms with E-state index in [1.165, 1.54) is 12.4 Å². The Kier molecular flexibility index (Phi) is 5.20. The highest BCUT2D eigenvalue weighted by atomic mass is 35.5. The summed E-state index contributed by atoms with van der Waals surface area (Å²) in [5.41, 5.74) is 12.4. The molecule has 23 heavy (non-hydrogen) atoms. The van der Waals surface area contributed by atoms with E-state index >= 15 is 0 Å². The van der Waals surface area contributed by atoms with Crippen LogP contribution in [0.5, 0.6) is 0 Å². The van der Waals surface area contributed by atoms with Crippen molar-refractivity contribution in [1.82, 2.24) is 9.97 Å². The molecular formula is C14H18ClF3N4S. The van der Waals surface area contributed by atoms with Crippen molar-refractivity contribution in [1.29, 1.82) is 0 Å². The Hall–Kier alpha value is -0.960. The van der Waals surface area contributed by atoms with E-state index in [1.54, 1.807) is 0 Å². The smallest absolute Gasteiger partial charge is 0.328 e. The Balaban J connectivity index is 0.00000192. The second-order valence-electron chi connectivity index (χ2n) is 5.96. The van der Waals surface area contributed by atoms with Crippen LogP contribution in [0.4, 0.5) is 13.2 Å². The predicted molar refractivity (Wildman–Crippen MR) is 86.7 cm³/mol. The maximum atomic E-state index is 12.6. The molecular weight excluding hydrogens is 349 g/mol. The van der Waals surface area contributed by atoms with E-state index in [9.17, 15) is 13.2 Å². The third-order valence-corrected chi connectivity index (χ3v) is 5.09. The molecule has 2 aromatic heterocycles. The molecule has 3 rings (SSSR count). The van der Waals surface area contributed by atoms with Crippen molar-refractivity contribution in [2.24, 2.45) is 11.5 Å². The van der Waals surface area contributed by atoms with Crippen molar-refractivity contribution < 1.29 is 13.2 Å². The highest BCUT2D eigenvalue weighted by Crippen LogP contribution is 2.39. The summed E-state index contributed by atoms with van der Waals surface area (Å²) in [6, 6.07) is 1.52. The standard InChI is InChI=1S/C14H17F3N4S.ClH/c15-14(16,17)6-9-4-10-11(20-7-21-12(10)22-9)13(19)3-1-2-8(18)5-13;/h4,7-8H,1-3,5-6,18-19H2;1H. The molecule has 128 valence electrons. The van der Waals surface area contributed by atoms with E-state index < -0.39 is 18.1 Å². The minimum absolute atomic E-state index is 0. The van der Waals surface area contributed by atoms with Gasteiger partial charge in [0, 0.05) is 16.3 Å². The second kappa shape index (κ2) is 6.51. The van der Waals surface area contributed by atoms with E-state index in [1.807, 2.05) is 0 Å². The van der Waals surface area contributed by atoms with Gasteiger partial charge in [0.25, 0.3) is 0 Å². The van der Waals surface area contributed by atoms with Crippen molar-refractivity contribution in [3.63, 3.8) is 0 Å². The topological polar surface area (TPSA) is 77.8 Å². The van der Waals surface area contributed by atoms with Crippen LogP contribution in [0.3, 0.4) is 0 Å². The molecule has 0 radical (unpaired) electrons. The van der Waals surface area contributed by atoms with Crippen molar-refractivity contribution in [2.45, 2.75) is 49.9 Å². The van der Waals surface area contributed by atoms with Crippen LogP contribution in [-0.2, 0) is 12.0 Å². The van der Waals surface area contributed by atoms with Gasteiger partial charge in [0.15, 0.2) is 0 Å². The summed E-state index contributed by atoms with van der Waals surface area (Å²) < 4.78 is 37.7. The molecule has 2 aromatic rings. The van der Waals surface area contributed by atoms with Crippen molar-refractivity contribution in [3.05, 3.63) is 23.0 Å². The van der Waals surface area contributed by atoms with E-state index in [4.69, 9.17) is 11.5 Å². The Bertz CT molecular complexity index is 690. The van der Waals surface area contributed by atoms with Crippen LogP contribution in [0.2, 0.25) is 0 Å². The molecule has 1 aliphatic carbocycles. The van der Waals surface area contributed by atoms with Gasteiger partial charge in [-0.1, -0.05) is 0 Å². The number of nitrogens with zero attached hydrogens (tertiary/aromatic N) is 2. The van der Waals surface area contributed by atoms with Gasteiger partial charge in [-0.15, -0.1) is 23.7 Å². The van der Waals surface area contributed by atoms with Crippen molar-refractivity contribution >= 4 is 34.0 Å². The second-order valence-corrected chi connectivity index (χ2v) is 7.07. The highest BCUT2D eigenvalue weighted by Gasteiger charge is 2.36. The number of alkyl halides is 3. The van der Waals surface area contributed by atoms with Gasteiger partial charge >= 0.3 is 6.18 Å². The van der Waals surface area contributed by atoms with Gasteiger partial charge in [0.1, 0.15) is 11.2 Å². The number of hydrogen-bond acceptors (Lipinski definition) is 5.